The van der Waals surface area contributed by atoms with Crippen LogP contribution in [0.2, 0.25) is 0 Å². The summed E-state index contributed by atoms with van der Waals surface area (Å²) in [5.41, 5.74) is 3.18. The third-order valence-electron chi connectivity index (χ3n) is 5.84. The molecule has 1 aliphatic heterocycles. The summed E-state index contributed by atoms with van der Waals surface area (Å²) in [4.78, 5) is 15.4. The molecule has 0 saturated carbocycles. The van der Waals surface area contributed by atoms with Crippen LogP contribution in [0.3, 0.4) is 0 Å². The van der Waals surface area contributed by atoms with E-state index in [4.69, 9.17) is 9.47 Å². The largest absolute Gasteiger partial charge is 0.494 e. The number of nitrogens with one attached hydrogen (secondary N) is 3. The highest BCUT2D eigenvalue weighted by molar-refractivity contribution is 5.93. The molecule has 6 nitrogen and oxygen atoms in total. The Balaban J connectivity index is 1.33. The molecule has 0 unspecified atom stereocenters. The predicted molar refractivity (Wildman–Crippen MR) is 123 cm³/mol. The number of hydrogen-bond donors (Lipinski definition) is 3. The fraction of sp³-hybridized carbons (Fsp3) is 0.480. The first-order chi connectivity index (χ1) is 15.0. The van der Waals surface area contributed by atoms with Gasteiger partial charge in [-0.25, -0.2) is 0 Å². The summed E-state index contributed by atoms with van der Waals surface area (Å²) in [5.74, 6) is 1.88. The van der Waals surface area contributed by atoms with E-state index in [-0.39, 0.29) is 5.91 Å². The van der Waals surface area contributed by atoms with Crippen LogP contribution in [0.25, 0.3) is 0 Å². The second-order valence-electron chi connectivity index (χ2n) is 8.41. The van der Waals surface area contributed by atoms with Crippen molar-refractivity contribution in [3.63, 3.8) is 0 Å². The minimum atomic E-state index is 0.102. The molecule has 1 saturated heterocycles. The quantitative estimate of drug-likeness (QED) is 0.528. The van der Waals surface area contributed by atoms with Crippen LogP contribution in [0.15, 0.2) is 42.5 Å². The fourth-order valence-corrected chi connectivity index (χ4v) is 3.97. The number of para-hydroxylation sites is 1. The lowest BCUT2D eigenvalue weighted by Crippen LogP contribution is -3.28. The van der Waals surface area contributed by atoms with Gasteiger partial charge in [0, 0.05) is 5.69 Å². The molecule has 31 heavy (non-hydrogen) atoms. The van der Waals surface area contributed by atoms with Gasteiger partial charge in [0.1, 0.15) is 50.8 Å². The van der Waals surface area contributed by atoms with E-state index in [1.165, 1.54) is 4.90 Å². The molecule has 2 aromatic carbocycles. The first-order valence-corrected chi connectivity index (χ1v) is 11.4. The van der Waals surface area contributed by atoms with E-state index in [1.807, 2.05) is 56.3 Å². The zero-order valence-corrected chi connectivity index (χ0v) is 19.1. The van der Waals surface area contributed by atoms with Crippen LogP contribution in [0.1, 0.15) is 24.5 Å². The molecule has 0 spiro atoms. The summed E-state index contributed by atoms with van der Waals surface area (Å²) >= 11 is 0. The van der Waals surface area contributed by atoms with Gasteiger partial charge in [0.15, 0.2) is 6.54 Å². The molecule has 6 heteroatoms. The average Bonchev–Trinajstić information content (AvgIpc) is 2.77. The van der Waals surface area contributed by atoms with E-state index >= 15 is 0 Å². The highest BCUT2D eigenvalue weighted by atomic mass is 16.5. The molecule has 1 heterocycles. The zero-order chi connectivity index (χ0) is 22.1. The second kappa shape index (κ2) is 11.7. The fourth-order valence-electron chi connectivity index (χ4n) is 3.97. The molecule has 0 radical (unpaired) electrons. The van der Waals surface area contributed by atoms with Gasteiger partial charge in [-0.05, 0) is 55.7 Å². The van der Waals surface area contributed by atoms with Gasteiger partial charge in [-0.3, -0.25) is 4.79 Å². The minimum Gasteiger partial charge on any atom is -0.494 e. The molecule has 0 aromatic heterocycles. The second-order valence-corrected chi connectivity index (χ2v) is 8.41. The van der Waals surface area contributed by atoms with Crippen molar-refractivity contribution in [2.24, 2.45) is 0 Å². The number of benzene rings is 2. The van der Waals surface area contributed by atoms with Gasteiger partial charge in [0.2, 0.25) is 0 Å². The van der Waals surface area contributed by atoms with Gasteiger partial charge in [-0.1, -0.05) is 25.1 Å². The molecular weight excluding hydrogens is 390 g/mol. The van der Waals surface area contributed by atoms with E-state index < -0.39 is 0 Å². The number of piperazine rings is 1. The molecular formula is C25H37N3O3+2. The van der Waals surface area contributed by atoms with Crippen molar-refractivity contribution in [1.82, 2.24) is 0 Å². The van der Waals surface area contributed by atoms with Crippen molar-refractivity contribution >= 4 is 11.6 Å². The van der Waals surface area contributed by atoms with Crippen LogP contribution < -0.4 is 24.6 Å². The Morgan fingerprint density at radius 2 is 1.42 bits per heavy atom. The predicted octanol–water partition coefficient (Wildman–Crippen LogP) is 0.893. The first-order valence-electron chi connectivity index (χ1n) is 11.4. The molecule has 0 aliphatic carbocycles. The van der Waals surface area contributed by atoms with Crippen molar-refractivity contribution in [3.05, 3.63) is 53.6 Å². The third-order valence-corrected chi connectivity index (χ3v) is 5.84. The number of carbonyl (C=O) groups is 1. The Hall–Kier alpha value is -2.57. The maximum absolute atomic E-state index is 12.5. The number of aryl methyl sites for hydroxylation is 2. The summed E-state index contributed by atoms with van der Waals surface area (Å²) in [6.45, 7) is 13.3. The Kier molecular flexibility index (Phi) is 8.74. The van der Waals surface area contributed by atoms with E-state index in [2.05, 4.69) is 12.2 Å². The van der Waals surface area contributed by atoms with Crippen LogP contribution in [-0.2, 0) is 4.79 Å². The van der Waals surface area contributed by atoms with Crippen molar-refractivity contribution in [2.45, 2.75) is 27.2 Å². The lowest BCUT2D eigenvalue weighted by atomic mass is 10.1. The van der Waals surface area contributed by atoms with E-state index in [1.54, 1.807) is 4.90 Å². The van der Waals surface area contributed by atoms with Crippen LogP contribution in [0.5, 0.6) is 11.5 Å². The van der Waals surface area contributed by atoms with Gasteiger partial charge >= 0.3 is 0 Å². The molecule has 1 fully saturated rings. The van der Waals surface area contributed by atoms with Gasteiger partial charge in [-0.15, -0.1) is 0 Å². The first kappa shape index (κ1) is 23.1. The lowest BCUT2D eigenvalue weighted by Gasteiger charge is -2.29. The molecule has 168 valence electrons. The van der Waals surface area contributed by atoms with Gasteiger partial charge in [0.05, 0.1) is 6.61 Å². The zero-order valence-electron chi connectivity index (χ0n) is 19.1. The Morgan fingerprint density at radius 1 is 0.871 bits per heavy atom. The van der Waals surface area contributed by atoms with Crippen LogP contribution >= 0.6 is 0 Å². The maximum atomic E-state index is 12.5. The summed E-state index contributed by atoms with van der Waals surface area (Å²) in [6.07, 6.45) is 1.01. The topological polar surface area (TPSA) is 56.4 Å². The van der Waals surface area contributed by atoms with E-state index in [0.717, 1.165) is 74.1 Å². The normalized spacial score (nSPS) is 18.4. The average molecular weight is 428 g/mol. The third kappa shape index (κ3) is 7.26. The van der Waals surface area contributed by atoms with Gasteiger partial charge < -0.3 is 24.6 Å². The van der Waals surface area contributed by atoms with Crippen LogP contribution in [0.4, 0.5) is 5.69 Å². The minimum absolute atomic E-state index is 0.102. The van der Waals surface area contributed by atoms with E-state index in [0.29, 0.717) is 13.2 Å². The summed E-state index contributed by atoms with van der Waals surface area (Å²) in [7, 11) is 0. The monoisotopic (exact) mass is 427 g/mol. The number of quaternary nitrogens is 2. The number of anilines is 1. The molecule has 0 atom stereocenters. The molecule has 2 aromatic rings. The Morgan fingerprint density at radius 3 is 2.00 bits per heavy atom. The lowest BCUT2D eigenvalue weighted by molar-refractivity contribution is -1.01. The number of carbonyl (C=O) groups excluding carboxylic acids is 1. The Bertz CT molecular complexity index is 810. The molecule has 1 aliphatic rings. The van der Waals surface area contributed by atoms with Crippen molar-refractivity contribution in [2.75, 3.05) is 57.8 Å². The molecule has 3 rings (SSSR count). The molecule has 3 N–H and O–H groups in total. The molecule has 1 amide bonds. The van der Waals surface area contributed by atoms with Crippen LogP contribution in [0, 0.1) is 13.8 Å². The smallest absolute Gasteiger partial charge is 0.279 e. The SMILES string of the molecule is CCCOc1ccc(OCC[NH+]2CC[NH+](CC(=O)Nc3c(C)cccc3C)CC2)cc1. The number of ether oxygens (including phenoxy) is 2. The van der Waals surface area contributed by atoms with Crippen LogP contribution in [-0.4, -0.2) is 58.4 Å². The summed E-state index contributed by atoms with van der Waals surface area (Å²) in [5, 5.41) is 3.11. The van der Waals surface area contributed by atoms with Gasteiger partial charge in [-0.2, -0.15) is 0 Å². The standard InChI is InChI=1S/C25H35N3O3/c1-4-17-30-22-8-10-23(11-9-22)31-18-16-27-12-14-28(15-13-27)19-24(29)26-25-20(2)6-5-7-21(25)3/h5-11H,4,12-19H2,1-3H3,(H,26,29)/p+2. The number of amides is 1. The number of hydrogen-bond acceptors (Lipinski definition) is 3. The van der Waals surface area contributed by atoms with Gasteiger partial charge in [0.25, 0.3) is 5.91 Å². The van der Waals surface area contributed by atoms with Crippen molar-refractivity contribution < 1.29 is 24.1 Å². The van der Waals surface area contributed by atoms with Crippen molar-refractivity contribution in [1.29, 1.82) is 0 Å². The summed E-state index contributed by atoms with van der Waals surface area (Å²) < 4.78 is 11.5. The van der Waals surface area contributed by atoms with E-state index in [9.17, 15) is 4.79 Å². The summed E-state index contributed by atoms with van der Waals surface area (Å²) in [6, 6.07) is 14.0. The van der Waals surface area contributed by atoms with Crippen molar-refractivity contribution in [3.8, 4) is 11.5 Å². The highest BCUT2D eigenvalue weighted by Crippen LogP contribution is 2.19. The maximum Gasteiger partial charge on any atom is 0.279 e. The molecule has 0 bridgehead atoms. The highest BCUT2D eigenvalue weighted by Gasteiger charge is 2.25. The number of rotatable bonds is 10. The Labute approximate surface area is 186 Å².